The highest BCUT2D eigenvalue weighted by molar-refractivity contribution is 5.79. The van der Waals surface area contributed by atoms with Crippen LogP contribution in [0.3, 0.4) is 0 Å². The van der Waals surface area contributed by atoms with Gasteiger partial charge in [0.25, 0.3) is 0 Å². The molecular weight excluding hydrogens is 350 g/mol. The van der Waals surface area contributed by atoms with Gasteiger partial charge >= 0.3 is 0 Å². The van der Waals surface area contributed by atoms with Crippen LogP contribution in [0.1, 0.15) is 36.9 Å². The van der Waals surface area contributed by atoms with Crippen molar-refractivity contribution in [3.63, 3.8) is 0 Å². The second-order valence-electron chi connectivity index (χ2n) is 6.95. The molecule has 0 amide bonds. The zero-order valence-corrected chi connectivity index (χ0v) is 16.9. The summed E-state index contributed by atoms with van der Waals surface area (Å²) in [5, 5.41) is 6.89. The average molecular weight is 382 g/mol. The number of rotatable bonds is 8. The summed E-state index contributed by atoms with van der Waals surface area (Å²) in [7, 11) is 1.62. The molecule has 2 aromatic rings. The van der Waals surface area contributed by atoms with E-state index in [2.05, 4.69) is 57.8 Å². The number of hydrogen-bond donors (Lipinski definition) is 2. The monoisotopic (exact) mass is 381 g/mol. The van der Waals surface area contributed by atoms with Gasteiger partial charge < -0.3 is 15.4 Å². The van der Waals surface area contributed by atoms with Crippen molar-refractivity contribution in [2.45, 2.75) is 32.4 Å². The van der Waals surface area contributed by atoms with Gasteiger partial charge in [0, 0.05) is 25.4 Å². The van der Waals surface area contributed by atoms with E-state index < -0.39 is 0 Å². The van der Waals surface area contributed by atoms with E-state index in [1.54, 1.807) is 7.11 Å². The maximum absolute atomic E-state index is 5.11. The number of aromatic nitrogens is 1. The van der Waals surface area contributed by atoms with E-state index in [0.717, 1.165) is 37.7 Å². The fourth-order valence-electron chi connectivity index (χ4n) is 3.52. The van der Waals surface area contributed by atoms with E-state index in [0.29, 0.717) is 18.5 Å². The van der Waals surface area contributed by atoms with E-state index in [1.165, 1.54) is 18.4 Å². The Balaban J connectivity index is 1.65. The van der Waals surface area contributed by atoms with Gasteiger partial charge in [0.2, 0.25) is 5.88 Å². The maximum Gasteiger partial charge on any atom is 0.212 e. The summed E-state index contributed by atoms with van der Waals surface area (Å²) in [4.78, 5) is 11.5. The molecule has 0 aliphatic carbocycles. The van der Waals surface area contributed by atoms with Crippen LogP contribution < -0.4 is 15.4 Å². The molecule has 1 unspecified atom stereocenters. The van der Waals surface area contributed by atoms with Crippen molar-refractivity contribution in [3.05, 3.63) is 59.8 Å². The smallest absolute Gasteiger partial charge is 0.212 e. The molecule has 1 atom stereocenters. The van der Waals surface area contributed by atoms with Gasteiger partial charge in [0.1, 0.15) is 0 Å². The molecule has 1 aliphatic heterocycles. The van der Waals surface area contributed by atoms with Crippen molar-refractivity contribution >= 4 is 5.96 Å². The largest absolute Gasteiger partial charge is 0.481 e. The first kappa shape index (κ1) is 20.1. The lowest BCUT2D eigenvalue weighted by atomic mass is 10.1. The highest BCUT2D eigenvalue weighted by Crippen LogP contribution is 2.24. The number of pyridine rings is 1. The lowest BCUT2D eigenvalue weighted by Crippen LogP contribution is -2.42. The molecule has 1 aliphatic rings. The SMILES string of the molecule is CCNC(=NCc1ccc(OC)nc1)NCC(c1ccccc1)N1CCCC1. The van der Waals surface area contributed by atoms with Gasteiger partial charge in [-0.05, 0) is 44.0 Å². The summed E-state index contributed by atoms with van der Waals surface area (Å²) in [6.45, 7) is 6.63. The molecule has 6 heteroatoms. The van der Waals surface area contributed by atoms with Crippen LogP contribution in [0.25, 0.3) is 0 Å². The molecular formula is C22H31N5O. The molecule has 1 fully saturated rings. The third-order valence-corrected chi connectivity index (χ3v) is 5.00. The molecule has 1 saturated heterocycles. The standard InChI is InChI=1S/C22H31N5O/c1-3-23-22(25-16-18-11-12-21(28-2)24-15-18)26-17-20(27-13-7-8-14-27)19-9-5-4-6-10-19/h4-6,9-12,15,20H,3,7-8,13-14,16-17H2,1-2H3,(H2,23,25,26). The summed E-state index contributed by atoms with van der Waals surface area (Å²) in [6, 6.07) is 15.0. The number of likely N-dealkylation sites (tertiary alicyclic amines) is 1. The lowest BCUT2D eigenvalue weighted by Gasteiger charge is -2.29. The Kier molecular flexibility index (Phi) is 7.67. The Morgan fingerprint density at radius 3 is 2.57 bits per heavy atom. The number of nitrogens with one attached hydrogen (secondary N) is 2. The maximum atomic E-state index is 5.11. The second-order valence-corrected chi connectivity index (χ2v) is 6.95. The summed E-state index contributed by atoms with van der Waals surface area (Å²) >= 11 is 0. The molecule has 2 N–H and O–H groups in total. The normalized spacial score (nSPS) is 16.0. The molecule has 0 radical (unpaired) electrons. The van der Waals surface area contributed by atoms with Crippen molar-refractivity contribution < 1.29 is 4.74 Å². The number of hydrogen-bond acceptors (Lipinski definition) is 4. The summed E-state index contributed by atoms with van der Waals surface area (Å²) in [6.07, 6.45) is 4.37. The second kappa shape index (κ2) is 10.7. The number of benzene rings is 1. The number of guanidine groups is 1. The van der Waals surface area contributed by atoms with Gasteiger partial charge in [-0.25, -0.2) is 9.98 Å². The summed E-state index contributed by atoms with van der Waals surface area (Å²) < 4.78 is 5.11. The topological polar surface area (TPSA) is 61.8 Å². The fraction of sp³-hybridized carbons (Fsp3) is 0.455. The van der Waals surface area contributed by atoms with Crippen molar-refractivity contribution in [1.29, 1.82) is 0 Å². The van der Waals surface area contributed by atoms with E-state index >= 15 is 0 Å². The van der Waals surface area contributed by atoms with Gasteiger partial charge in [-0.1, -0.05) is 36.4 Å². The Labute approximate surface area is 168 Å². The van der Waals surface area contributed by atoms with Crippen LogP contribution in [0.4, 0.5) is 0 Å². The molecule has 2 heterocycles. The Hall–Kier alpha value is -2.60. The first-order chi connectivity index (χ1) is 13.8. The number of ether oxygens (including phenoxy) is 1. The minimum Gasteiger partial charge on any atom is -0.481 e. The predicted octanol–water partition coefficient (Wildman–Crippen LogP) is 2.98. The van der Waals surface area contributed by atoms with Gasteiger partial charge in [-0.3, -0.25) is 4.90 Å². The van der Waals surface area contributed by atoms with Gasteiger partial charge in [0.05, 0.1) is 19.7 Å². The summed E-state index contributed by atoms with van der Waals surface area (Å²) in [5.41, 5.74) is 2.41. The molecule has 0 bridgehead atoms. The molecule has 1 aromatic carbocycles. The van der Waals surface area contributed by atoms with Gasteiger partial charge in [0.15, 0.2) is 5.96 Å². The van der Waals surface area contributed by atoms with Crippen LogP contribution >= 0.6 is 0 Å². The van der Waals surface area contributed by atoms with Crippen molar-refractivity contribution in [3.8, 4) is 5.88 Å². The minimum absolute atomic E-state index is 0.357. The van der Waals surface area contributed by atoms with Crippen LogP contribution in [-0.2, 0) is 6.54 Å². The molecule has 0 saturated carbocycles. The van der Waals surface area contributed by atoms with Crippen molar-refractivity contribution in [1.82, 2.24) is 20.5 Å². The van der Waals surface area contributed by atoms with E-state index in [1.807, 2.05) is 18.3 Å². The number of methoxy groups -OCH3 is 1. The van der Waals surface area contributed by atoms with Crippen molar-refractivity contribution in [2.24, 2.45) is 4.99 Å². The quantitative estimate of drug-likeness (QED) is 0.544. The highest BCUT2D eigenvalue weighted by Gasteiger charge is 2.23. The van der Waals surface area contributed by atoms with E-state index in [-0.39, 0.29) is 0 Å². The Morgan fingerprint density at radius 2 is 1.93 bits per heavy atom. The Bertz CT molecular complexity index is 726. The molecule has 6 nitrogen and oxygen atoms in total. The van der Waals surface area contributed by atoms with Crippen LogP contribution in [0.2, 0.25) is 0 Å². The van der Waals surface area contributed by atoms with E-state index in [4.69, 9.17) is 9.73 Å². The fourth-order valence-corrected chi connectivity index (χ4v) is 3.52. The lowest BCUT2D eigenvalue weighted by molar-refractivity contribution is 0.245. The number of nitrogens with zero attached hydrogens (tertiary/aromatic N) is 3. The zero-order valence-electron chi connectivity index (χ0n) is 16.9. The number of aliphatic imine (C=N–C) groups is 1. The van der Waals surface area contributed by atoms with Crippen LogP contribution in [0.15, 0.2) is 53.7 Å². The molecule has 1 aromatic heterocycles. The third kappa shape index (κ3) is 5.70. The van der Waals surface area contributed by atoms with Crippen LogP contribution in [-0.4, -0.2) is 49.1 Å². The van der Waals surface area contributed by atoms with Gasteiger partial charge in [-0.15, -0.1) is 0 Å². The molecule has 3 rings (SSSR count). The highest BCUT2D eigenvalue weighted by atomic mass is 16.5. The van der Waals surface area contributed by atoms with Crippen LogP contribution in [0.5, 0.6) is 5.88 Å². The minimum atomic E-state index is 0.357. The summed E-state index contributed by atoms with van der Waals surface area (Å²) in [5.74, 6) is 1.45. The molecule has 28 heavy (non-hydrogen) atoms. The predicted molar refractivity (Wildman–Crippen MR) is 114 cm³/mol. The zero-order chi connectivity index (χ0) is 19.6. The van der Waals surface area contributed by atoms with Crippen molar-refractivity contribution in [2.75, 3.05) is 33.3 Å². The first-order valence-electron chi connectivity index (χ1n) is 10.1. The molecule has 0 spiro atoms. The molecule has 150 valence electrons. The Morgan fingerprint density at radius 1 is 1.14 bits per heavy atom. The van der Waals surface area contributed by atoms with Crippen LogP contribution in [0, 0.1) is 0 Å². The first-order valence-corrected chi connectivity index (χ1v) is 10.1. The van der Waals surface area contributed by atoms with E-state index in [9.17, 15) is 0 Å². The third-order valence-electron chi connectivity index (χ3n) is 5.00. The average Bonchev–Trinajstić information content (AvgIpc) is 3.28. The van der Waals surface area contributed by atoms with Gasteiger partial charge in [-0.2, -0.15) is 0 Å².